The van der Waals surface area contributed by atoms with Gasteiger partial charge in [-0.25, -0.2) is 4.98 Å². The quantitative estimate of drug-likeness (QED) is 0.690. The number of aryl methyl sites for hydroxylation is 3. The maximum absolute atomic E-state index is 12.8. The molecule has 3 heterocycles. The van der Waals surface area contributed by atoms with Crippen LogP contribution in [-0.4, -0.2) is 29.0 Å². The Morgan fingerprint density at radius 1 is 1.31 bits per heavy atom. The summed E-state index contributed by atoms with van der Waals surface area (Å²) in [6.45, 7) is 7.83. The van der Waals surface area contributed by atoms with Gasteiger partial charge in [0.05, 0.1) is 11.3 Å². The molecule has 4 rings (SSSR count). The average Bonchev–Trinajstić information content (AvgIpc) is 2.99. The maximum Gasteiger partial charge on any atom is 0.231 e. The molecular formula is C22H25ClN4O2. The van der Waals surface area contributed by atoms with Crippen molar-refractivity contribution < 1.29 is 9.21 Å². The van der Waals surface area contributed by atoms with Gasteiger partial charge in [-0.1, -0.05) is 23.7 Å². The van der Waals surface area contributed by atoms with Crippen molar-refractivity contribution in [3.8, 4) is 0 Å². The fourth-order valence-electron chi connectivity index (χ4n) is 3.93. The first-order chi connectivity index (χ1) is 13.9. The second kappa shape index (κ2) is 8.03. The molecule has 1 atom stereocenters. The number of hydrogen-bond donors (Lipinski definition) is 1. The number of carbonyl (C=O) groups is 1. The van der Waals surface area contributed by atoms with Gasteiger partial charge in [-0.05, 0) is 51.3 Å². The van der Waals surface area contributed by atoms with Gasteiger partial charge >= 0.3 is 0 Å². The number of nitrogens with one attached hydrogen (secondary N) is 1. The third-order valence-corrected chi connectivity index (χ3v) is 5.80. The van der Waals surface area contributed by atoms with Gasteiger partial charge in [0.15, 0.2) is 0 Å². The fourth-order valence-corrected chi connectivity index (χ4v) is 4.14. The summed E-state index contributed by atoms with van der Waals surface area (Å²) < 4.78 is 5.81. The number of anilines is 1. The predicted octanol–water partition coefficient (Wildman–Crippen LogP) is 4.33. The van der Waals surface area contributed by atoms with Crippen LogP contribution in [0.15, 0.2) is 28.7 Å². The van der Waals surface area contributed by atoms with E-state index in [9.17, 15) is 4.79 Å². The molecule has 1 aliphatic heterocycles. The van der Waals surface area contributed by atoms with Gasteiger partial charge in [-0.2, -0.15) is 4.98 Å². The summed E-state index contributed by atoms with van der Waals surface area (Å²) in [5.74, 6) is 2.38. The molecule has 0 aliphatic carbocycles. The molecular weight excluding hydrogens is 388 g/mol. The first-order valence-electron chi connectivity index (χ1n) is 9.94. The van der Waals surface area contributed by atoms with Crippen molar-refractivity contribution in [1.82, 2.24) is 15.3 Å². The molecule has 0 saturated carbocycles. The predicted molar refractivity (Wildman–Crippen MR) is 114 cm³/mol. The first-order valence-corrected chi connectivity index (χ1v) is 10.3. The summed E-state index contributed by atoms with van der Waals surface area (Å²) in [7, 11) is 0. The van der Waals surface area contributed by atoms with Crippen LogP contribution in [0, 0.1) is 26.7 Å². The van der Waals surface area contributed by atoms with E-state index in [-0.39, 0.29) is 11.8 Å². The summed E-state index contributed by atoms with van der Waals surface area (Å²) in [5.41, 5.74) is 2.67. The van der Waals surface area contributed by atoms with E-state index in [2.05, 4.69) is 15.2 Å². The highest BCUT2D eigenvalue weighted by atomic mass is 35.5. The second-order valence-corrected chi connectivity index (χ2v) is 8.13. The molecule has 0 radical (unpaired) electrons. The van der Waals surface area contributed by atoms with E-state index in [1.807, 2.05) is 45.0 Å². The third-order valence-electron chi connectivity index (χ3n) is 5.57. The zero-order valence-corrected chi connectivity index (χ0v) is 17.7. The van der Waals surface area contributed by atoms with E-state index in [1.165, 1.54) is 0 Å². The minimum absolute atomic E-state index is 0.0665. The Kier molecular flexibility index (Phi) is 5.46. The maximum atomic E-state index is 12.8. The van der Waals surface area contributed by atoms with Crippen molar-refractivity contribution in [2.45, 2.75) is 40.2 Å². The Balaban J connectivity index is 1.51. The largest absolute Gasteiger partial charge is 0.443 e. The third kappa shape index (κ3) is 4.08. The Labute approximate surface area is 175 Å². The van der Waals surface area contributed by atoms with Gasteiger partial charge in [0.2, 0.25) is 11.6 Å². The van der Waals surface area contributed by atoms with Crippen LogP contribution in [0.25, 0.3) is 11.1 Å². The zero-order valence-electron chi connectivity index (χ0n) is 17.0. The average molecular weight is 413 g/mol. The van der Waals surface area contributed by atoms with E-state index >= 15 is 0 Å². The van der Waals surface area contributed by atoms with Crippen molar-refractivity contribution in [3.05, 3.63) is 52.0 Å². The molecule has 1 amide bonds. The Hall–Kier alpha value is -2.60. The topological polar surface area (TPSA) is 71.3 Å². The lowest BCUT2D eigenvalue weighted by Crippen LogP contribution is -2.43. The van der Waals surface area contributed by atoms with Crippen LogP contribution in [0.2, 0.25) is 5.02 Å². The van der Waals surface area contributed by atoms with E-state index < -0.39 is 0 Å². The molecule has 2 aromatic heterocycles. The summed E-state index contributed by atoms with van der Waals surface area (Å²) in [5, 5.41) is 4.68. The van der Waals surface area contributed by atoms with Crippen molar-refractivity contribution in [1.29, 1.82) is 0 Å². The van der Waals surface area contributed by atoms with Crippen LogP contribution in [-0.2, 0) is 11.3 Å². The number of piperidine rings is 1. The number of fused-ring (bicyclic) bond motifs is 1. The number of nitrogens with zero attached hydrogens (tertiary/aromatic N) is 3. The van der Waals surface area contributed by atoms with Crippen molar-refractivity contribution in [2.75, 3.05) is 18.0 Å². The van der Waals surface area contributed by atoms with Crippen molar-refractivity contribution >= 4 is 34.4 Å². The number of carbonyl (C=O) groups excluding carboxylic acids is 1. The summed E-state index contributed by atoms with van der Waals surface area (Å²) in [6.07, 6.45) is 1.81. The molecule has 3 aromatic rings. The Morgan fingerprint density at radius 2 is 2.14 bits per heavy atom. The summed E-state index contributed by atoms with van der Waals surface area (Å²) >= 11 is 6.03. The molecule has 7 heteroatoms. The van der Waals surface area contributed by atoms with Crippen LogP contribution in [0.5, 0.6) is 0 Å². The molecule has 0 spiro atoms. The van der Waals surface area contributed by atoms with Gasteiger partial charge < -0.3 is 14.6 Å². The van der Waals surface area contributed by atoms with Crippen LogP contribution in [0.1, 0.15) is 35.6 Å². The standard InChI is InChI=1S/C22H25ClN4O2/c1-13-14(2)29-22-19(13)20(25-15(3)26-22)27-9-5-7-17(12-27)21(28)24-11-16-6-4-8-18(23)10-16/h4,6,8,10,17H,5,7,9,11-12H2,1-3H3,(H,24,28). The SMILES string of the molecule is Cc1nc(N2CCCC(C(=O)NCc3cccc(Cl)c3)C2)c2c(C)c(C)oc2n1. The molecule has 1 aliphatic rings. The molecule has 0 bridgehead atoms. The summed E-state index contributed by atoms with van der Waals surface area (Å²) in [4.78, 5) is 24.2. The molecule has 1 unspecified atom stereocenters. The van der Waals surface area contributed by atoms with E-state index in [0.29, 0.717) is 29.7 Å². The number of rotatable bonds is 4. The van der Waals surface area contributed by atoms with Crippen molar-refractivity contribution in [2.24, 2.45) is 5.92 Å². The minimum atomic E-state index is -0.0819. The molecule has 1 saturated heterocycles. The molecule has 1 aromatic carbocycles. The van der Waals surface area contributed by atoms with Crippen LogP contribution < -0.4 is 10.2 Å². The molecule has 152 valence electrons. The van der Waals surface area contributed by atoms with E-state index in [4.69, 9.17) is 21.0 Å². The van der Waals surface area contributed by atoms with E-state index in [0.717, 1.165) is 47.5 Å². The highest BCUT2D eigenvalue weighted by Gasteiger charge is 2.29. The second-order valence-electron chi connectivity index (χ2n) is 7.69. The van der Waals surface area contributed by atoms with Gasteiger partial charge in [0, 0.05) is 30.2 Å². The van der Waals surface area contributed by atoms with E-state index in [1.54, 1.807) is 0 Å². The number of amides is 1. The number of benzene rings is 1. The number of hydrogen-bond acceptors (Lipinski definition) is 5. The minimum Gasteiger partial charge on any atom is -0.443 e. The van der Waals surface area contributed by atoms with Gasteiger partial charge in [0.25, 0.3) is 0 Å². The normalized spacial score (nSPS) is 17.0. The van der Waals surface area contributed by atoms with Crippen LogP contribution >= 0.6 is 11.6 Å². The highest BCUT2D eigenvalue weighted by Crippen LogP contribution is 2.33. The molecule has 29 heavy (non-hydrogen) atoms. The summed E-state index contributed by atoms with van der Waals surface area (Å²) in [6, 6.07) is 7.56. The lowest BCUT2D eigenvalue weighted by molar-refractivity contribution is -0.125. The Bertz CT molecular complexity index is 1060. The lowest BCUT2D eigenvalue weighted by Gasteiger charge is -2.33. The molecule has 6 nitrogen and oxygen atoms in total. The smallest absolute Gasteiger partial charge is 0.231 e. The van der Waals surface area contributed by atoms with Crippen LogP contribution in [0.4, 0.5) is 5.82 Å². The highest BCUT2D eigenvalue weighted by molar-refractivity contribution is 6.30. The van der Waals surface area contributed by atoms with Gasteiger partial charge in [-0.3, -0.25) is 4.79 Å². The van der Waals surface area contributed by atoms with Crippen LogP contribution in [0.3, 0.4) is 0 Å². The number of furan rings is 1. The fraction of sp³-hybridized carbons (Fsp3) is 0.409. The lowest BCUT2D eigenvalue weighted by atomic mass is 9.96. The van der Waals surface area contributed by atoms with Gasteiger partial charge in [-0.15, -0.1) is 0 Å². The Morgan fingerprint density at radius 3 is 2.93 bits per heavy atom. The molecule has 1 fully saturated rings. The number of aromatic nitrogens is 2. The first kappa shape index (κ1) is 19.7. The van der Waals surface area contributed by atoms with Crippen molar-refractivity contribution in [3.63, 3.8) is 0 Å². The van der Waals surface area contributed by atoms with Gasteiger partial charge in [0.1, 0.15) is 17.4 Å². The monoisotopic (exact) mass is 412 g/mol. The zero-order chi connectivity index (χ0) is 20.5. The number of halogens is 1. The molecule has 1 N–H and O–H groups in total.